The number of aromatic nitrogens is 3. The minimum absolute atomic E-state index is 0.0442. The first-order chi connectivity index (χ1) is 15.8. The van der Waals surface area contributed by atoms with Crippen LogP contribution in [-0.2, 0) is 0 Å². The second-order valence-electron chi connectivity index (χ2n) is 7.14. The summed E-state index contributed by atoms with van der Waals surface area (Å²) in [7, 11) is 0. The average Bonchev–Trinajstić information content (AvgIpc) is 3.31. The minimum Gasteiger partial charge on any atom is -0.264 e. The van der Waals surface area contributed by atoms with Gasteiger partial charge in [-0.1, -0.05) is 91.0 Å². The van der Waals surface area contributed by atoms with Gasteiger partial charge in [-0.05, 0) is 22.9 Å². The lowest BCUT2D eigenvalue weighted by Gasteiger charge is -2.05. The van der Waals surface area contributed by atoms with Crippen molar-refractivity contribution in [2.24, 2.45) is 5.10 Å². The lowest BCUT2D eigenvalue weighted by molar-refractivity contribution is 0.0945. The molecule has 32 heavy (non-hydrogen) atoms. The number of para-hydroxylation sites is 1. The number of hydrazone groups is 1. The average molecular weight is 417 g/mol. The molecule has 6 heteroatoms. The fourth-order valence-electron chi connectivity index (χ4n) is 3.51. The Morgan fingerprint density at radius 2 is 1.50 bits per heavy atom. The third-order valence-electron chi connectivity index (χ3n) is 5.04. The molecule has 0 fully saturated rings. The lowest BCUT2D eigenvalue weighted by atomic mass is 10.1. The van der Waals surface area contributed by atoms with E-state index in [9.17, 15) is 4.79 Å². The largest absolute Gasteiger partial charge is 0.311 e. The summed E-state index contributed by atoms with van der Waals surface area (Å²) in [5.41, 5.74) is 5.14. The molecular weight excluding hydrogens is 398 g/mol. The van der Waals surface area contributed by atoms with Crippen LogP contribution < -0.4 is 5.43 Å². The van der Waals surface area contributed by atoms with Gasteiger partial charge in [0.25, 0.3) is 0 Å². The number of nitrogens with one attached hydrogen (secondary N) is 1. The number of carbonyl (C=O) groups excluding carboxylic acids is 1. The van der Waals surface area contributed by atoms with Gasteiger partial charge in [0.15, 0.2) is 5.82 Å². The fraction of sp³-hybridized carbons (Fsp3) is 0. The van der Waals surface area contributed by atoms with Crippen molar-refractivity contribution >= 4 is 22.9 Å². The van der Waals surface area contributed by atoms with Crippen LogP contribution in [0, 0.1) is 0 Å². The number of amides is 1. The van der Waals surface area contributed by atoms with E-state index in [-0.39, 0.29) is 5.82 Å². The van der Waals surface area contributed by atoms with Crippen LogP contribution >= 0.6 is 0 Å². The van der Waals surface area contributed by atoms with Crippen LogP contribution in [0.2, 0.25) is 0 Å². The number of hydrogen-bond acceptors (Lipinski definition) is 4. The molecule has 0 aliphatic heterocycles. The summed E-state index contributed by atoms with van der Waals surface area (Å²) in [5, 5.41) is 10.8. The van der Waals surface area contributed by atoms with Gasteiger partial charge in [0.2, 0.25) is 5.82 Å². The van der Waals surface area contributed by atoms with Crippen molar-refractivity contribution in [2.75, 3.05) is 0 Å². The van der Waals surface area contributed by atoms with Gasteiger partial charge in [-0.2, -0.15) is 5.10 Å². The molecule has 0 atom stereocenters. The second-order valence-corrected chi connectivity index (χ2v) is 7.14. The Labute approximate surface area is 184 Å². The molecule has 0 saturated heterocycles. The molecule has 6 nitrogen and oxygen atoms in total. The van der Waals surface area contributed by atoms with E-state index < -0.39 is 5.91 Å². The van der Waals surface area contributed by atoms with Crippen LogP contribution in [0.1, 0.15) is 16.2 Å². The Morgan fingerprint density at radius 1 is 0.812 bits per heavy atom. The predicted octanol–water partition coefficient (Wildman–Crippen LogP) is 4.85. The Bertz CT molecular complexity index is 1350. The highest BCUT2D eigenvalue weighted by molar-refractivity contribution is 6.00. The molecule has 0 bridgehead atoms. The van der Waals surface area contributed by atoms with Gasteiger partial charge < -0.3 is 0 Å². The van der Waals surface area contributed by atoms with Gasteiger partial charge >= 0.3 is 5.91 Å². The zero-order valence-electron chi connectivity index (χ0n) is 17.1. The number of carbonyl (C=O) groups is 1. The maximum Gasteiger partial charge on any atom is 0.311 e. The topological polar surface area (TPSA) is 72.2 Å². The Kier molecular flexibility index (Phi) is 5.24. The molecule has 154 valence electrons. The Morgan fingerprint density at radius 3 is 2.31 bits per heavy atom. The second kappa shape index (κ2) is 8.65. The van der Waals surface area contributed by atoms with Crippen LogP contribution in [0.15, 0.2) is 108 Å². The molecule has 5 aromatic rings. The maximum atomic E-state index is 12.8. The van der Waals surface area contributed by atoms with Crippen LogP contribution in [-0.4, -0.2) is 26.9 Å². The van der Waals surface area contributed by atoms with Gasteiger partial charge in [0, 0.05) is 11.1 Å². The quantitative estimate of drug-likeness (QED) is 0.328. The first-order valence-corrected chi connectivity index (χ1v) is 10.2. The van der Waals surface area contributed by atoms with E-state index in [1.165, 1.54) is 0 Å². The fourth-order valence-corrected chi connectivity index (χ4v) is 3.51. The van der Waals surface area contributed by atoms with E-state index in [2.05, 4.69) is 20.6 Å². The minimum atomic E-state index is -0.478. The van der Waals surface area contributed by atoms with Crippen molar-refractivity contribution < 1.29 is 4.79 Å². The molecule has 0 spiro atoms. The summed E-state index contributed by atoms with van der Waals surface area (Å²) in [6, 6.07) is 33.2. The van der Waals surface area contributed by atoms with E-state index in [0.717, 1.165) is 27.6 Å². The number of hydrogen-bond donors (Lipinski definition) is 1. The first-order valence-electron chi connectivity index (χ1n) is 10.2. The molecule has 0 unspecified atom stereocenters. The van der Waals surface area contributed by atoms with Gasteiger partial charge in [-0.3, -0.25) is 4.79 Å². The van der Waals surface area contributed by atoms with Crippen molar-refractivity contribution in [3.63, 3.8) is 0 Å². The summed E-state index contributed by atoms with van der Waals surface area (Å²) in [6.07, 6.45) is 1.63. The van der Waals surface area contributed by atoms with Crippen molar-refractivity contribution in [3.8, 4) is 17.1 Å². The zero-order chi connectivity index (χ0) is 21.8. The number of benzene rings is 4. The smallest absolute Gasteiger partial charge is 0.264 e. The van der Waals surface area contributed by atoms with E-state index in [1.54, 1.807) is 10.9 Å². The van der Waals surface area contributed by atoms with E-state index in [0.29, 0.717) is 5.82 Å². The van der Waals surface area contributed by atoms with Crippen molar-refractivity contribution in [2.45, 2.75) is 0 Å². The van der Waals surface area contributed by atoms with Crippen molar-refractivity contribution in [1.82, 2.24) is 20.2 Å². The highest BCUT2D eigenvalue weighted by atomic mass is 16.2. The van der Waals surface area contributed by atoms with Crippen LogP contribution in [0.5, 0.6) is 0 Å². The molecule has 0 radical (unpaired) electrons. The molecule has 1 heterocycles. The number of nitrogens with zero attached hydrogens (tertiary/aromatic N) is 4. The molecular formula is C26H19N5O. The monoisotopic (exact) mass is 417 g/mol. The summed E-state index contributed by atoms with van der Waals surface area (Å²) in [6.45, 7) is 0. The van der Waals surface area contributed by atoms with Gasteiger partial charge in [0.1, 0.15) is 0 Å². The van der Waals surface area contributed by atoms with E-state index in [1.807, 2.05) is 103 Å². The normalized spacial score (nSPS) is 11.1. The third kappa shape index (κ3) is 3.89. The molecule has 0 saturated carbocycles. The van der Waals surface area contributed by atoms with Gasteiger partial charge in [-0.25, -0.2) is 15.1 Å². The highest BCUT2D eigenvalue weighted by Crippen LogP contribution is 2.21. The summed E-state index contributed by atoms with van der Waals surface area (Å²) >= 11 is 0. The van der Waals surface area contributed by atoms with E-state index >= 15 is 0 Å². The third-order valence-corrected chi connectivity index (χ3v) is 5.04. The van der Waals surface area contributed by atoms with Crippen LogP contribution in [0.3, 0.4) is 0 Å². The molecule has 1 aromatic heterocycles. The van der Waals surface area contributed by atoms with Crippen LogP contribution in [0.25, 0.3) is 27.8 Å². The first kappa shape index (κ1) is 19.4. The molecule has 5 rings (SSSR count). The zero-order valence-corrected chi connectivity index (χ0v) is 17.1. The predicted molar refractivity (Wildman–Crippen MR) is 126 cm³/mol. The lowest BCUT2D eigenvalue weighted by Crippen LogP contribution is -2.19. The Balaban J connectivity index is 1.44. The molecule has 4 aromatic carbocycles. The standard InChI is InChI=1S/C26H19N5O/c32-26(29-27-18-21-14-9-13-19-10-7-8-17-23(19)21)24-28-25(20-11-3-1-4-12-20)31(30-24)22-15-5-2-6-16-22/h1-18H,(H,29,32). The Hall–Kier alpha value is -4.58. The summed E-state index contributed by atoms with van der Waals surface area (Å²) in [4.78, 5) is 17.3. The van der Waals surface area contributed by atoms with Gasteiger partial charge in [0.05, 0.1) is 11.9 Å². The summed E-state index contributed by atoms with van der Waals surface area (Å²) in [5.74, 6) is 0.149. The molecule has 1 N–H and O–H groups in total. The SMILES string of the molecule is O=C(NN=Cc1cccc2ccccc12)c1nc(-c2ccccc2)n(-c2ccccc2)n1. The summed E-state index contributed by atoms with van der Waals surface area (Å²) < 4.78 is 1.67. The van der Waals surface area contributed by atoms with Crippen molar-refractivity contribution in [3.05, 3.63) is 115 Å². The maximum absolute atomic E-state index is 12.8. The van der Waals surface area contributed by atoms with Gasteiger partial charge in [-0.15, -0.1) is 5.10 Å². The molecule has 0 aliphatic carbocycles. The highest BCUT2D eigenvalue weighted by Gasteiger charge is 2.18. The number of rotatable bonds is 5. The number of fused-ring (bicyclic) bond motifs is 1. The molecule has 1 amide bonds. The van der Waals surface area contributed by atoms with Crippen molar-refractivity contribution in [1.29, 1.82) is 0 Å². The molecule has 0 aliphatic rings. The van der Waals surface area contributed by atoms with E-state index in [4.69, 9.17) is 0 Å². The van der Waals surface area contributed by atoms with Crippen LogP contribution in [0.4, 0.5) is 0 Å².